The number of likely N-dealkylation sites (tertiary alicyclic amines) is 1. The molecule has 2 N–H and O–H groups in total. The van der Waals surface area contributed by atoms with E-state index >= 15 is 0 Å². The summed E-state index contributed by atoms with van der Waals surface area (Å²) in [4.78, 5) is 24.9. The van der Waals surface area contributed by atoms with E-state index in [1.165, 1.54) is 0 Å². The zero-order valence-corrected chi connectivity index (χ0v) is 11.8. The maximum absolute atomic E-state index is 12.1. The maximum Gasteiger partial charge on any atom is 0.320 e. The van der Waals surface area contributed by atoms with Crippen molar-refractivity contribution < 1.29 is 14.7 Å². The van der Waals surface area contributed by atoms with Gasteiger partial charge < -0.3 is 10.4 Å². The highest BCUT2D eigenvalue weighted by atomic mass is 16.4. The molecular formula is C15H20N2O3. The van der Waals surface area contributed by atoms with Crippen molar-refractivity contribution in [1.82, 2.24) is 4.90 Å². The number of aryl methyl sites for hydroxylation is 2. The zero-order valence-electron chi connectivity index (χ0n) is 11.8. The predicted octanol–water partition coefficient (Wildman–Crippen LogP) is 1.79. The molecule has 0 saturated carbocycles. The molecule has 5 nitrogen and oxygen atoms in total. The molecular weight excluding hydrogens is 256 g/mol. The van der Waals surface area contributed by atoms with Crippen LogP contribution in [0.3, 0.4) is 0 Å². The zero-order chi connectivity index (χ0) is 14.7. The standard InChI is InChI=1S/C15H20N2O3/c1-10-5-6-11(2)12(8-10)16-14(18)9-17-7-3-4-13(17)15(19)20/h5-6,8,13H,3-4,7,9H2,1-2H3,(H,16,18)(H,19,20)/t13-/m0/s1. The van der Waals surface area contributed by atoms with Crippen LogP contribution < -0.4 is 5.32 Å². The number of anilines is 1. The van der Waals surface area contributed by atoms with Gasteiger partial charge in [0.25, 0.3) is 0 Å². The molecule has 1 aromatic rings. The first kappa shape index (κ1) is 14.5. The largest absolute Gasteiger partial charge is 0.480 e. The van der Waals surface area contributed by atoms with Gasteiger partial charge in [0.05, 0.1) is 6.54 Å². The second-order valence-electron chi connectivity index (χ2n) is 5.33. The fourth-order valence-corrected chi connectivity index (χ4v) is 2.54. The second kappa shape index (κ2) is 6.05. The Balaban J connectivity index is 1.99. The number of amides is 1. The normalized spacial score (nSPS) is 19.0. The van der Waals surface area contributed by atoms with Crippen LogP contribution in [0.2, 0.25) is 0 Å². The van der Waals surface area contributed by atoms with E-state index in [-0.39, 0.29) is 12.5 Å². The van der Waals surface area contributed by atoms with E-state index in [4.69, 9.17) is 5.11 Å². The van der Waals surface area contributed by atoms with Gasteiger partial charge in [0.1, 0.15) is 6.04 Å². The molecule has 5 heteroatoms. The number of nitrogens with zero attached hydrogens (tertiary/aromatic N) is 1. The highest BCUT2D eigenvalue weighted by Crippen LogP contribution is 2.19. The number of benzene rings is 1. The summed E-state index contributed by atoms with van der Waals surface area (Å²) >= 11 is 0. The van der Waals surface area contributed by atoms with Crippen molar-refractivity contribution in [2.75, 3.05) is 18.4 Å². The summed E-state index contributed by atoms with van der Waals surface area (Å²) < 4.78 is 0. The van der Waals surface area contributed by atoms with Gasteiger partial charge >= 0.3 is 5.97 Å². The van der Waals surface area contributed by atoms with Crippen molar-refractivity contribution in [3.63, 3.8) is 0 Å². The van der Waals surface area contributed by atoms with Crippen LogP contribution in [-0.2, 0) is 9.59 Å². The molecule has 1 heterocycles. The number of rotatable bonds is 4. The van der Waals surface area contributed by atoms with Crippen LogP contribution in [0.4, 0.5) is 5.69 Å². The number of aliphatic carboxylic acids is 1. The minimum absolute atomic E-state index is 0.129. The molecule has 0 spiro atoms. The van der Waals surface area contributed by atoms with E-state index in [9.17, 15) is 9.59 Å². The van der Waals surface area contributed by atoms with Crippen LogP contribution in [0.15, 0.2) is 18.2 Å². The van der Waals surface area contributed by atoms with Gasteiger partial charge in [-0.25, -0.2) is 0 Å². The first-order valence-corrected chi connectivity index (χ1v) is 6.81. The molecule has 0 aliphatic carbocycles. The summed E-state index contributed by atoms with van der Waals surface area (Å²) in [5.41, 5.74) is 2.87. The molecule has 2 rings (SSSR count). The minimum atomic E-state index is -0.845. The Morgan fingerprint density at radius 3 is 2.85 bits per heavy atom. The Labute approximate surface area is 118 Å². The Morgan fingerprint density at radius 2 is 2.15 bits per heavy atom. The summed E-state index contributed by atoms with van der Waals surface area (Å²) in [6.45, 7) is 4.70. The molecule has 0 unspecified atom stereocenters. The lowest BCUT2D eigenvalue weighted by Gasteiger charge is -2.20. The van der Waals surface area contributed by atoms with E-state index in [1.54, 1.807) is 4.90 Å². The molecule has 1 amide bonds. The maximum atomic E-state index is 12.1. The van der Waals surface area contributed by atoms with E-state index in [1.807, 2.05) is 32.0 Å². The average Bonchev–Trinajstić information content (AvgIpc) is 2.82. The predicted molar refractivity (Wildman–Crippen MR) is 76.8 cm³/mol. The van der Waals surface area contributed by atoms with Crippen molar-refractivity contribution in [1.29, 1.82) is 0 Å². The first-order chi connectivity index (χ1) is 9.47. The molecule has 1 saturated heterocycles. The summed E-state index contributed by atoms with van der Waals surface area (Å²) in [7, 11) is 0. The van der Waals surface area contributed by atoms with Gasteiger partial charge in [-0.05, 0) is 50.4 Å². The van der Waals surface area contributed by atoms with Gasteiger partial charge in [-0.2, -0.15) is 0 Å². The number of carbonyl (C=O) groups is 2. The molecule has 1 aliphatic heterocycles. The molecule has 1 atom stereocenters. The highest BCUT2D eigenvalue weighted by Gasteiger charge is 2.31. The Morgan fingerprint density at radius 1 is 1.40 bits per heavy atom. The van der Waals surface area contributed by atoms with Crippen LogP contribution in [0.25, 0.3) is 0 Å². The van der Waals surface area contributed by atoms with E-state index in [0.29, 0.717) is 13.0 Å². The number of hydrogen-bond donors (Lipinski definition) is 2. The van der Waals surface area contributed by atoms with Gasteiger partial charge in [0, 0.05) is 5.69 Å². The Hall–Kier alpha value is -1.88. The molecule has 1 aromatic carbocycles. The Bertz CT molecular complexity index is 528. The number of carboxylic acid groups (broad SMARTS) is 1. The van der Waals surface area contributed by atoms with Crippen molar-refractivity contribution in [2.24, 2.45) is 0 Å². The topological polar surface area (TPSA) is 69.6 Å². The second-order valence-corrected chi connectivity index (χ2v) is 5.33. The fourth-order valence-electron chi connectivity index (χ4n) is 2.54. The lowest BCUT2D eigenvalue weighted by molar-refractivity contribution is -0.142. The van der Waals surface area contributed by atoms with Crippen molar-refractivity contribution in [2.45, 2.75) is 32.7 Å². The Kier molecular flexibility index (Phi) is 4.39. The van der Waals surface area contributed by atoms with Crippen molar-refractivity contribution in [3.05, 3.63) is 29.3 Å². The van der Waals surface area contributed by atoms with Crippen LogP contribution in [0.5, 0.6) is 0 Å². The summed E-state index contributed by atoms with van der Waals surface area (Å²) in [5, 5.41) is 12.0. The lowest BCUT2D eigenvalue weighted by atomic mass is 10.1. The molecule has 1 fully saturated rings. The van der Waals surface area contributed by atoms with Crippen LogP contribution in [0, 0.1) is 13.8 Å². The molecule has 1 aliphatic rings. The number of carbonyl (C=O) groups excluding carboxylic acids is 1. The van der Waals surface area contributed by atoms with Crippen LogP contribution >= 0.6 is 0 Å². The van der Waals surface area contributed by atoms with Gasteiger partial charge in [-0.3, -0.25) is 14.5 Å². The van der Waals surface area contributed by atoms with Gasteiger partial charge in [-0.15, -0.1) is 0 Å². The third kappa shape index (κ3) is 3.36. The quantitative estimate of drug-likeness (QED) is 0.879. The van der Waals surface area contributed by atoms with Gasteiger partial charge in [0.15, 0.2) is 0 Å². The van der Waals surface area contributed by atoms with Crippen molar-refractivity contribution >= 4 is 17.6 Å². The fraction of sp³-hybridized carbons (Fsp3) is 0.467. The number of hydrogen-bond acceptors (Lipinski definition) is 3. The molecule has 20 heavy (non-hydrogen) atoms. The third-order valence-electron chi connectivity index (χ3n) is 3.66. The van der Waals surface area contributed by atoms with E-state index in [2.05, 4.69) is 5.32 Å². The highest BCUT2D eigenvalue weighted by molar-refractivity contribution is 5.93. The summed E-state index contributed by atoms with van der Waals surface area (Å²) in [5.74, 6) is -1.01. The minimum Gasteiger partial charge on any atom is -0.480 e. The van der Waals surface area contributed by atoms with Gasteiger partial charge in [0.2, 0.25) is 5.91 Å². The molecule has 108 valence electrons. The first-order valence-electron chi connectivity index (χ1n) is 6.81. The summed E-state index contributed by atoms with van der Waals surface area (Å²) in [6.07, 6.45) is 1.44. The van der Waals surface area contributed by atoms with E-state index in [0.717, 1.165) is 23.2 Å². The molecule has 0 bridgehead atoms. The number of nitrogens with one attached hydrogen (secondary N) is 1. The van der Waals surface area contributed by atoms with Crippen LogP contribution in [-0.4, -0.2) is 41.0 Å². The third-order valence-corrected chi connectivity index (χ3v) is 3.66. The monoisotopic (exact) mass is 276 g/mol. The molecule has 0 radical (unpaired) electrons. The van der Waals surface area contributed by atoms with Crippen LogP contribution in [0.1, 0.15) is 24.0 Å². The average molecular weight is 276 g/mol. The SMILES string of the molecule is Cc1ccc(C)c(NC(=O)CN2CCC[C@H]2C(=O)O)c1. The summed E-state index contributed by atoms with van der Waals surface area (Å²) in [6, 6.07) is 5.35. The smallest absolute Gasteiger partial charge is 0.320 e. The lowest BCUT2D eigenvalue weighted by Crippen LogP contribution is -2.41. The van der Waals surface area contributed by atoms with E-state index < -0.39 is 12.0 Å². The van der Waals surface area contributed by atoms with Gasteiger partial charge in [-0.1, -0.05) is 12.1 Å². The number of carboxylic acids is 1. The van der Waals surface area contributed by atoms with Crippen molar-refractivity contribution in [3.8, 4) is 0 Å². The molecule has 0 aromatic heterocycles.